The zero-order valence-corrected chi connectivity index (χ0v) is 15.9. The molecule has 0 aliphatic heterocycles. The number of rotatable bonds is 5. The van der Waals surface area contributed by atoms with Gasteiger partial charge in [0.25, 0.3) is 11.4 Å². The van der Waals surface area contributed by atoms with Crippen LogP contribution < -0.4 is 10.9 Å². The second kappa shape index (κ2) is 8.42. The van der Waals surface area contributed by atoms with Gasteiger partial charge >= 0.3 is 0 Å². The Kier molecular flexibility index (Phi) is 5.36. The number of nitriles is 1. The summed E-state index contributed by atoms with van der Waals surface area (Å²) in [4.78, 5) is 29.3. The third-order valence-electron chi connectivity index (χ3n) is 4.39. The molecule has 4 aromatic rings. The van der Waals surface area contributed by atoms with Crippen LogP contribution in [0.25, 0.3) is 22.8 Å². The Hall–Kier alpha value is -4.58. The SMILES string of the molecule is N#Cc1ccc(NC(=O)Cn2cccc(-c3nc(-c4ccc(F)cc4)no3)c2=O)cc1. The van der Waals surface area contributed by atoms with Crippen LogP contribution in [-0.4, -0.2) is 20.6 Å². The van der Waals surface area contributed by atoms with Crippen LogP contribution in [0.3, 0.4) is 0 Å². The van der Waals surface area contributed by atoms with E-state index in [0.29, 0.717) is 16.8 Å². The number of aromatic nitrogens is 3. The van der Waals surface area contributed by atoms with Crippen LogP contribution in [0.4, 0.5) is 10.1 Å². The van der Waals surface area contributed by atoms with Crippen LogP contribution in [0, 0.1) is 17.1 Å². The van der Waals surface area contributed by atoms with Gasteiger partial charge in [0.1, 0.15) is 17.9 Å². The van der Waals surface area contributed by atoms with E-state index in [1.54, 1.807) is 30.3 Å². The Balaban J connectivity index is 1.53. The van der Waals surface area contributed by atoms with Gasteiger partial charge in [-0.25, -0.2) is 4.39 Å². The van der Waals surface area contributed by atoms with E-state index in [4.69, 9.17) is 9.78 Å². The minimum absolute atomic E-state index is 0.00817. The summed E-state index contributed by atoms with van der Waals surface area (Å²) in [6.07, 6.45) is 1.47. The molecule has 0 aliphatic carbocycles. The van der Waals surface area contributed by atoms with E-state index in [1.807, 2.05) is 6.07 Å². The lowest BCUT2D eigenvalue weighted by Gasteiger charge is -2.08. The smallest absolute Gasteiger partial charge is 0.263 e. The van der Waals surface area contributed by atoms with Crippen molar-refractivity contribution in [2.75, 3.05) is 5.32 Å². The Bertz CT molecular complexity index is 1340. The maximum atomic E-state index is 13.1. The largest absolute Gasteiger partial charge is 0.333 e. The predicted molar refractivity (Wildman–Crippen MR) is 109 cm³/mol. The summed E-state index contributed by atoms with van der Waals surface area (Å²) >= 11 is 0. The van der Waals surface area contributed by atoms with Crippen LogP contribution >= 0.6 is 0 Å². The second-order valence-corrected chi connectivity index (χ2v) is 6.52. The van der Waals surface area contributed by atoms with Crippen molar-refractivity contribution >= 4 is 11.6 Å². The first-order valence-electron chi connectivity index (χ1n) is 9.13. The first-order valence-corrected chi connectivity index (χ1v) is 9.13. The zero-order valence-electron chi connectivity index (χ0n) is 15.9. The zero-order chi connectivity index (χ0) is 21.8. The summed E-state index contributed by atoms with van der Waals surface area (Å²) < 4.78 is 19.5. The molecular weight excluding hydrogens is 401 g/mol. The van der Waals surface area contributed by atoms with E-state index < -0.39 is 17.3 Å². The van der Waals surface area contributed by atoms with Gasteiger partial charge in [0, 0.05) is 17.4 Å². The van der Waals surface area contributed by atoms with Gasteiger partial charge in [-0.2, -0.15) is 10.2 Å². The average Bonchev–Trinajstić information content (AvgIpc) is 3.26. The molecule has 0 unspecified atom stereocenters. The third-order valence-corrected chi connectivity index (χ3v) is 4.39. The van der Waals surface area contributed by atoms with Gasteiger partial charge in [0.15, 0.2) is 0 Å². The monoisotopic (exact) mass is 415 g/mol. The van der Waals surface area contributed by atoms with Crippen molar-refractivity contribution in [3.05, 3.63) is 88.6 Å². The molecule has 0 aliphatic rings. The third kappa shape index (κ3) is 4.38. The maximum absolute atomic E-state index is 13.1. The summed E-state index contributed by atoms with van der Waals surface area (Å²) in [7, 11) is 0. The first-order chi connectivity index (χ1) is 15.0. The van der Waals surface area contributed by atoms with Crippen LogP contribution in [0.15, 0.2) is 76.2 Å². The molecule has 2 aromatic carbocycles. The highest BCUT2D eigenvalue weighted by Crippen LogP contribution is 2.20. The molecule has 4 rings (SSSR count). The van der Waals surface area contributed by atoms with Crippen LogP contribution in [0.5, 0.6) is 0 Å². The highest BCUT2D eigenvalue weighted by molar-refractivity contribution is 5.90. The molecule has 0 saturated heterocycles. The summed E-state index contributed by atoms with van der Waals surface area (Å²) in [6, 6.07) is 17.0. The normalized spacial score (nSPS) is 10.5. The van der Waals surface area contributed by atoms with Crippen LogP contribution in [-0.2, 0) is 11.3 Å². The quantitative estimate of drug-likeness (QED) is 0.535. The van der Waals surface area contributed by atoms with Gasteiger partial charge < -0.3 is 14.4 Å². The van der Waals surface area contributed by atoms with E-state index in [-0.39, 0.29) is 23.8 Å². The summed E-state index contributed by atoms with van der Waals surface area (Å²) in [5, 5.41) is 15.3. The number of hydrogen-bond donors (Lipinski definition) is 1. The van der Waals surface area contributed by atoms with E-state index in [1.165, 1.54) is 41.1 Å². The van der Waals surface area contributed by atoms with Gasteiger partial charge in [-0.15, -0.1) is 0 Å². The Labute approximate surface area is 175 Å². The Morgan fingerprint density at radius 1 is 1.13 bits per heavy atom. The van der Waals surface area contributed by atoms with Crippen LogP contribution in [0.1, 0.15) is 5.56 Å². The Morgan fingerprint density at radius 3 is 2.58 bits per heavy atom. The number of hydrogen-bond acceptors (Lipinski definition) is 6. The van der Waals surface area contributed by atoms with E-state index >= 15 is 0 Å². The Morgan fingerprint density at radius 2 is 1.87 bits per heavy atom. The number of benzene rings is 2. The van der Waals surface area contributed by atoms with Crippen molar-refractivity contribution in [3.63, 3.8) is 0 Å². The van der Waals surface area contributed by atoms with Crippen molar-refractivity contribution in [3.8, 4) is 28.9 Å². The lowest BCUT2D eigenvalue weighted by atomic mass is 10.2. The number of anilines is 1. The molecular formula is C22H14FN5O3. The number of amides is 1. The molecule has 2 aromatic heterocycles. The molecule has 31 heavy (non-hydrogen) atoms. The van der Waals surface area contributed by atoms with Crippen molar-refractivity contribution in [1.29, 1.82) is 5.26 Å². The number of halogens is 1. The summed E-state index contributed by atoms with van der Waals surface area (Å²) in [5.41, 5.74) is 1.17. The van der Waals surface area contributed by atoms with Crippen LogP contribution in [0.2, 0.25) is 0 Å². The van der Waals surface area contributed by atoms with Crippen molar-refractivity contribution < 1.29 is 13.7 Å². The first kappa shape index (κ1) is 19.7. The highest BCUT2D eigenvalue weighted by Gasteiger charge is 2.16. The topological polar surface area (TPSA) is 114 Å². The maximum Gasteiger partial charge on any atom is 0.263 e. The van der Waals surface area contributed by atoms with Crippen molar-refractivity contribution in [2.24, 2.45) is 0 Å². The molecule has 152 valence electrons. The number of nitrogens with one attached hydrogen (secondary N) is 1. The number of carbonyl (C=O) groups excluding carboxylic acids is 1. The van der Waals surface area contributed by atoms with Crippen molar-refractivity contribution in [1.82, 2.24) is 14.7 Å². The molecule has 0 radical (unpaired) electrons. The predicted octanol–water partition coefficient (Wildman–Crippen LogP) is 3.21. The molecule has 0 fully saturated rings. The van der Waals surface area contributed by atoms with E-state index in [0.717, 1.165) is 0 Å². The molecule has 8 nitrogen and oxygen atoms in total. The summed E-state index contributed by atoms with van der Waals surface area (Å²) in [6.45, 7) is -0.231. The minimum atomic E-state index is -0.480. The summed E-state index contributed by atoms with van der Waals surface area (Å²) in [5.74, 6) is -0.603. The van der Waals surface area contributed by atoms with Gasteiger partial charge in [0.05, 0.1) is 11.6 Å². The molecule has 1 N–H and O–H groups in total. The molecule has 0 spiro atoms. The lowest BCUT2D eigenvalue weighted by Crippen LogP contribution is -2.28. The van der Waals surface area contributed by atoms with Gasteiger partial charge in [-0.05, 0) is 60.7 Å². The number of nitrogens with zero attached hydrogens (tertiary/aromatic N) is 4. The van der Waals surface area contributed by atoms with E-state index in [9.17, 15) is 14.0 Å². The number of carbonyl (C=O) groups is 1. The molecule has 2 heterocycles. The van der Waals surface area contributed by atoms with E-state index in [2.05, 4.69) is 15.5 Å². The fourth-order valence-corrected chi connectivity index (χ4v) is 2.86. The molecule has 9 heteroatoms. The highest BCUT2D eigenvalue weighted by atomic mass is 19.1. The standard InChI is InChI=1S/C22H14FN5O3/c23-16-7-5-15(6-8-16)20-26-21(31-27-20)18-2-1-11-28(22(18)30)13-19(29)25-17-9-3-14(12-24)4-10-17/h1-11H,13H2,(H,25,29). The number of pyridine rings is 1. The molecule has 1 amide bonds. The fourth-order valence-electron chi connectivity index (χ4n) is 2.86. The minimum Gasteiger partial charge on any atom is -0.333 e. The van der Waals surface area contributed by atoms with Gasteiger partial charge in [0.2, 0.25) is 11.7 Å². The molecule has 0 saturated carbocycles. The molecule has 0 atom stereocenters. The van der Waals surface area contributed by atoms with Gasteiger partial charge in [-0.3, -0.25) is 9.59 Å². The van der Waals surface area contributed by atoms with Gasteiger partial charge in [-0.1, -0.05) is 5.16 Å². The fraction of sp³-hybridized carbons (Fsp3) is 0.0455. The average molecular weight is 415 g/mol. The second-order valence-electron chi connectivity index (χ2n) is 6.52. The van der Waals surface area contributed by atoms with Crippen molar-refractivity contribution in [2.45, 2.75) is 6.54 Å². The molecule has 0 bridgehead atoms. The lowest BCUT2D eigenvalue weighted by molar-refractivity contribution is -0.116.